The van der Waals surface area contributed by atoms with Gasteiger partial charge in [-0.2, -0.15) is 18.2 Å². The van der Waals surface area contributed by atoms with Crippen LogP contribution < -0.4 is 20.3 Å². The van der Waals surface area contributed by atoms with Crippen LogP contribution in [0.4, 0.5) is 29.6 Å². The van der Waals surface area contributed by atoms with Crippen molar-refractivity contribution in [3.05, 3.63) is 70.9 Å². The number of hydrogen-bond donors (Lipinski definition) is 2. The van der Waals surface area contributed by atoms with Gasteiger partial charge < -0.3 is 25.0 Å². The van der Waals surface area contributed by atoms with Gasteiger partial charge in [0.1, 0.15) is 5.75 Å². The van der Waals surface area contributed by atoms with Crippen molar-refractivity contribution in [2.24, 2.45) is 0 Å². The van der Waals surface area contributed by atoms with Crippen molar-refractivity contribution in [2.45, 2.75) is 37.9 Å². The minimum absolute atomic E-state index is 0.0134. The number of aromatic nitrogens is 2. The summed E-state index contributed by atoms with van der Waals surface area (Å²) in [6.07, 6.45) is -1.48. The number of nitrogens with zero attached hydrogens (tertiary/aromatic N) is 3. The molecule has 0 radical (unpaired) electrons. The van der Waals surface area contributed by atoms with Gasteiger partial charge in [0.15, 0.2) is 0 Å². The fourth-order valence-corrected chi connectivity index (χ4v) is 4.46. The average Bonchev–Trinajstić information content (AvgIpc) is 2.93. The Balaban J connectivity index is 1.34. The van der Waals surface area contributed by atoms with Gasteiger partial charge >= 0.3 is 12.3 Å². The molecule has 1 aliphatic rings. The zero-order chi connectivity index (χ0) is 28.7. The molecule has 40 heavy (non-hydrogen) atoms. The van der Waals surface area contributed by atoms with Gasteiger partial charge in [-0.15, -0.1) is 0 Å². The summed E-state index contributed by atoms with van der Waals surface area (Å²) in [7, 11) is 1.32. The lowest BCUT2D eigenvalue weighted by Gasteiger charge is -2.32. The number of hydrogen-bond acceptors (Lipinski definition) is 7. The number of alkyl halides is 3. The van der Waals surface area contributed by atoms with E-state index in [9.17, 15) is 22.8 Å². The summed E-state index contributed by atoms with van der Waals surface area (Å²) in [4.78, 5) is 34.8. The summed E-state index contributed by atoms with van der Waals surface area (Å²) in [5.41, 5.74) is -0.205. The van der Waals surface area contributed by atoms with Gasteiger partial charge in [0, 0.05) is 43.5 Å². The monoisotopic (exact) mass is 577 g/mol. The Morgan fingerprint density at radius 2 is 2.00 bits per heavy atom. The van der Waals surface area contributed by atoms with E-state index in [-0.39, 0.29) is 18.2 Å². The lowest BCUT2D eigenvalue weighted by molar-refractivity contribution is -0.137. The van der Waals surface area contributed by atoms with Crippen molar-refractivity contribution in [2.75, 3.05) is 30.4 Å². The predicted molar refractivity (Wildman–Crippen MR) is 143 cm³/mol. The van der Waals surface area contributed by atoms with Crippen molar-refractivity contribution in [3.63, 3.8) is 0 Å². The molecule has 2 aromatic carbocycles. The van der Waals surface area contributed by atoms with Crippen molar-refractivity contribution >= 4 is 35.2 Å². The van der Waals surface area contributed by atoms with Crippen LogP contribution in [0.15, 0.2) is 54.7 Å². The van der Waals surface area contributed by atoms with Crippen LogP contribution in [0.5, 0.6) is 11.6 Å². The number of alkyl carbamates (subject to hydrolysis) is 1. The van der Waals surface area contributed by atoms with Crippen molar-refractivity contribution < 1.29 is 32.2 Å². The van der Waals surface area contributed by atoms with Crippen LogP contribution in [0.1, 0.15) is 30.4 Å². The summed E-state index contributed by atoms with van der Waals surface area (Å²) in [5.74, 6) is 0.853. The van der Waals surface area contributed by atoms with Crippen LogP contribution in [-0.4, -0.2) is 48.2 Å². The Bertz CT molecular complexity index is 1360. The van der Waals surface area contributed by atoms with Crippen molar-refractivity contribution in [3.8, 4) is 11.6 Å². The highest BCUT2D eigenvalue weighted by molar-refractivity contribution is 6.31. The van der Waals surface area contributed by atoms with Crippen molar-refractivity contribution in [1.82, 2.24) is 15.3 Å². The molecular formula is C27H27ClF3N5O4. The third kappa shape index (κ3) is 7.98. The number of piperidine rings is 1. The zero-order valence-corrected chi connectivity index (χ0v) is 22.3. The van der Waals surface area contributed by atoms with Gasteiger partial charge in [-0.05, 0) is 55.2 Å². The van der Waals surface area contributed by atoms with E-state index in [0.717, 1.165) is 37.1 Å². The van der Waals surface area contributed by atoms with E-state index in [1.807, 2.05) is 11.0 Å². The highest BCUT2D eigenvalue weighted by Gasteiger charge is 2.33. The summed E-state index contributed by atoms with van der Waals surface area (Å²) >= 11 is 5.63. The van der Waals surface area contributed by atoms with E-state index in [1.54, 1.807) is 30.5 Å². The fourth-order valence-electron chi connectivity index (χ4n) is 4.23. The number of ether oxygens (including phenoxy) is 2. The van der Waals surface area contributed by atoms with Crippen LogP contribution in [0.2, 0.25) is 5.02 Å². The maximum atomic E-state index is 13.1. The number of methoxy groups -OCH3 is 1. The minimum atomic E-state index is -4.62. The standard InChI is InChI=1S/C27H27ClF3N5O4/c1-39-26(38)34-19-5-3-13-36(16-19)25-32-12-11-24(35-25)40-20-6-2-4-17(14-20)7-10-23(37)33-18-8-9-22(28)21(15-18)27(29,30)31/h2,4,6,8-9,11-12,14-15,19H,3,5,7,10,13,16H2,1H3,(H,33,37)(H,34,38). The summed E-state index contributed by atoms with van der Waals surface area (Å²) in [6.45, 7) is 1.26. The quantitative estimate of drug-likeness (QED) is 0.347. The first kappa shape index (κ1) is 28.9. The molecule has 212 valence electrons. The molecule has 0 aliphatic carbocycles. The topological polar surface area (TPSA) is 106 Å². The second-order valence-electron chi connectivity index (χ2n) is 9.11. The molecule has 13 heteroatoms. The molecule has 0 bridgehead atoms. The summed E-state index contributed by atoms with van der Waals surface area (Å²) in [6, 6.07) is 11.9. The van der Waals surface area contributed by atoms with E-state index in [0.29, 0.717) is 30.5 Å². The number of benzene rings is 2. The molecule has 1 atom stereocenters. The number of carbonyl (C=O) groups is 2. The van der Waals surface area contributed by atoms with Gasteiger partial charge in [-0.3, -0.25) is 4.79 Å². The van der Waals surface area contributed by atoms with Crippen LogP contribution in [0.25, 0.3) is 0 Å². The van der Waals surface area contributed by atoms with Gasteiger partial charge in [0.05, 0.1) is 17.7 Å². The normalized spacial score (nSPS) is 15.3. The number of nitrogens with one attached hydrogen (secondary N) is 2. The van der Waals surface area contributed by atoms with E-state index in [1.165, 1.54) is 13.2 Å². The fraction of sp³-hybridized carbons (Fsp3) is 0.333. The van der Waals surface area contributed by atoms with E-state index >= 15 is 0 Å². The first-order valence-electron chi connectivity index (χ1n) is 12.5. The molecule has 2 amide bonds. The SMILES string of the molecule is COC(=O)NC1CCCN(c2nccc(Oc3cccc(CCC(=O)Nc4ccc(Cl)c(C(F)(F)F)c4)c3)n2)C1. The molecule has 1 aliphatic heterocycles. The Morgan fingerprint density at radius 3 is 2.77 bits per heavy atom. The number of anilines is 2. The molecule has 1 unspecified atom stereocenters. The number of aryl methyl sites for hydroxylation is 1. The Labute approximate surface area is 233 Å². The second-order valence-corrected chi connectivity index (χ2v) is 9.51. The first-order chi connectivity index (χ1) is 19.1. The number of carbonyl (C=O) groups excluding carboxylic acids is 2. The molecule has 3 aromatic rings. The van der Waals surface area contributed by atoms with Crippen LogP contribution >= 0.6 is 11.6 Å². The van der Waals surface area contributed by atoms with Gasteiger partial charge in [-0.25, -0.2) is 9.78 Å². The van der Waals surface area contributed by atoms with E-state index in [2.05, 4.69) is 25.3 Å². The zero-order valence-electron chi connectivity index (χ0n) is 21.5. The molecule has 0 saturated carbocycles. The van der Waals surface area contributed by atoms with Gasteiger partial charge in [0.2, 0.25) is 17.7 Å². The third-order valence-electron chi connectivity index (χ3n) is 6.15. The Morgan fingerprint density at radius 1 is 1.18 bits per heavy atom. The number of halogens is 4. The van der Waals surface area contributed by atoms with Gasteiger partial charge in [0.25, 0.3) is 0 Å². The lowest BCUT2D eigenvalue weighted by Crippen LogP contribution is -2.48. The smallest absolute Gasteiger partial charge is 0.417 e. The summed E-state index contributed by atoms with van der Waals surface area (Å²) in [5, 5.41) is 4.85. The van der Waals surface area contributed by atoms with Crippen molar-refractivity contribution in [1.29, 1.82) is 0 Å². The molecule has 2 N–H and O–H groups in total. The first-order valence-corrected chi connectivity index (χ1v) is 12.8. The maximum absolute atomic E-state index is 13.1. The highest BCUT2D eigenvalue weighted by atomic mass is 35.5. The van der Waals surface area contributed by atoms with E-state index in [4.69, 9.17) is 16.3 Å². The molecular weight excluding hydrogens is 551 g/mol. The summed E-state index contributed by atoms with van der Waals surface area (Å²) < 4.78 is 49.8. The maximum Gasteiger partial charge on any atom is 0.417 e. The van der Waals surface area contributed by atoms with E-state index < -0.39 is 28.8 Å². The van der Waals surface area contributed by atoms with Gasteiger partial charge in [-0.1, -0.05) is 23.7 Å². The Kier molecular flexibility index (Phi) is 9.30. The minimum Gasteiger partial charge on any atom is -0.453 e. The highest BCUT2D eigenvalue weighted by Crippen LogP contribution is 2.36. The molecule has 9 nitrogen and oxygen atoms in total. The predicted octanol–water partition coefficient (Wildman–Crippen LogP) is 5.84. The van der Waals surface area contributed by atoms with Crippen LogP contribution in [-0.2, 0) is 22.1 Å². The van der Waals surface area contributed by atoms with Crippen LogP contribution in [0.3, 0.4) is 0 Å². The van der Waals surface area contributed by atoms with Crippen LogP contribution in [0, 0.1) is 0 Å². The second kappa shape index (κ2) is 12.9. The molecule has 0 spiro atoms. The third-order valence-corrected chi connectivity index (χ3v) is 6.48. The molecule has 1 saturated heterocycles. The number of amides is 2. The Hall–Kier alpha value is -4.06. The largest absolute Gasteiger partial charge is 0.453 e. The molecule has 4 rings (SSSR count). The average molecular weight is 578 g/mol. The lowest BCUT2D eigenvalue weighted by atomic mass is 10.1. The molecule has 1 aromatic heterocycles. The molecule has 2 heterocycles. The number of rotatable bonds is 8. The molecule has 1 fully saturated rings.